The molecule has 0 bridgehead atoms. The number of anilines is 1. The van der Waals surface area contributed by atoms with E-state index in [4.69, 9.17) is 16.3 Å². The first-order valence-corrected chi connectivity index (χ1v) is 8.42. The van der Waals surface area contributed by atoms with E-state index in [0.717, 1.165) is 33.9 Å². The molecule has 0 aliphatic rings. The minimum Gasteiger partial charge on any atom is -0.496 e. The molecule has 0 saturated carbocycles. The van der Waals surface area contributed by atoms with Gasteiger partial charge in [-0.2, -0.15) is 10.2 Å². The normalized spacial score (nSPS) is 11.0. The number of ether oxygens (including phenoxy) is 1. The highest BCUT2D eigenvalue weighted by Gasteiger charge is 2.16. The molecule has 3 aromatic heterocycles. The Balaban J connectivity index is 1.68. The zero-order valence-electron chi connectivity index (χ0n) is 14.3. The van der Waals surface area contributed by atoms with Crippen LogP contribution < -0.4 is 10.1 Å². The highest BCUT2D eigenvalue weighted by Crippen LogP contribution is 2.36. The van der Waals surface area contributed by atoms with Crippen LogP contribution in [-0.4, -0.2) is 31.5 Å². The largest absolute Gasteiger partial charge is 0.496 e. The molecule has 7 nitrogen and oxygen atoms in total. The quantitative estimate of drug-likeness (QED) is 0.584. The molecule has 0 aliphatic heterocycles. The van der Waals surface area contributed by atoms with Gasteiger partial charge in [-0.15, -0.1) is 0 Å². The van der Waals surface area contributed by atoms with Gasteiger partial charge in [-0.3, -0.25) is 4.68 Å². The lowest BCUT2D eigenvalue weighted by Gasteiger charge is -2.12. The zero-order chi connectivity index (χ0) is 18.1. The molecule has 0 radical (unpaired) electrons. The number of nitrogens with one attached hydrogen (secondary N) is 1. The Morgan fingerprint density at radius 1 is 1.23 bits per heavy atom. The van der Waals surface area contributed by atoms with Crippen LogP contribution in [0.5, 0.6) is 5.75 Å². The standard InChI is InChI=1S/C18H17ClN6O/c1-24-17(14-8-13(19)4-5-16(14)26-2)15(11-22-24)21-9-12-10-23-25-7-3-6-20-18(12)25/h3-8,10-11,21H,9H2,1-2H3. The average Bonchev–Trinajstić information content (AvgIpc) is 3.23. The van der Waals surface area contributed by atoms with Crippen LogP contribution in [-0.2, 0) is 13.6 Å². The second kappa shape index (κ2) is 6.68. The molecule has 3 heterocycles. The van der Waals surface area contributed by atoms with Crippen molar-refractivity contribution in [2.75, 3.05) is 12.4 Å². The van der Waals surface area contributed by atoms with E-state index in [9.17, 15) is 0 Å². The molecule has 4 aromatic rings. The van der Waals surface area contributed by atoms with Crippen molar-refractivity contribution in [1.82, 2.24) is 24.4 Å². The minimum atomic E-state index is 0.572. The van der Waals surface area contributed by atoms with Crippen LogP contribution in [0.25, 0.3) is 16.9 Å². The van der Waals surface area contributed by atoms with Crippen LogP contribution in [0.2, 0.25) is 5.02 Å². The summed E-state index contributed by atoms with van der Waals surface area (Å²) in [6.45, 7) is 0.572. The minimum absolute atomic E-state index is 0.572. The lowest BCUT2D eigenvalue weighted by atomic mass is 10.1. The van der Waals surface area contributed by atoms with Crippen molar-refractivity contribution in [2.24, 2.45) is 7.05 Å². The van der Waals surface area contributed by atoms with Crippen LogP contribution in [0.3, 0.4) is 0 Å². The molecule has 0 unspecified atom stereocenters. The van der Waals surface area contributed by atoms with E-state index in [1.165, 1.54) is 0 Å². The van der Waals surface area contributed by atoms with Gasteiger partial charge in [0.15, 0.2) is 5.65 Å². The SMILES string of the molecule is COc1ccc(Cl)cc1-c1c(NCc2cnn3cccnc23)cnn1C. The first kappa shape index (κ1) is 16.4. The number of methoxy groups -OCH3 is 1. The summed E-state index contributed by atoms with van der Waals surface area (Å²) in [5.74, 6) is 0.735. The predicted octanol–water partition coefficient (Wildman–Crippen LogP) is 3.40. The number of aromatic nitrogens is 5. The second-order valence-corrected chi connectivity index (χ2v) is 6.22. The van der Waals surface area contributed by atoms with Gasteiger partial charge in [0.2, 0.25) is 0 Å². The summed E-state index contributed by atoms with van der Waals surface area (Å²) < 4.78 is 9.04. The van der Waals surface area contributed by atoms with Gasteiger partial charge >= 0.3 is 0 Å². The Labute approximate surface area is 155 Å². The number of benzene rings is 1. The lowest BCUT2D eigenvalue weighted by Crippen LogP contribution is -2.02. The van der Waals surface area contributed by atoms with Gasteiger partial charge in [-0.05, 0) is 24.3 Å². The molecule has 1 aromatic carbocycles. The van der Waals surface area contributed by atoms with Gasteiger partial charge in [-0.25, -0.2) is 9.50 Å². The maximum absolute atomic E-state index is 6.19. The van der Waals surface area contributed by atoms with Gasteiger partial charge in [0.05, 0.1) is 30.9 Å². The van der Waals surface area contributed by atoms with Crippen LogP contribution in [0.1, 0.15) is 5.56 Å². The van der Waals surface area contributed by atoms with E-state index in [0.29, 0.717) is 11.6 Å². The smallest absolute Gasteiger partial charge is 0.159 e. The maximum atomic E-state index is 6.19. The Bertz CT molecular complexity index is 1070. The molecule has 26 heavy (non-hydrogen) atoms. The summed E-state index contributed by atoms with van der Waals surface area (Å²) in [6.07, 6.45) is 7.23. The third-order valence-corrected chi connectivity index (χ3v) is 4.41. The summed E-state index contributed by atoms with van der Waals surface area (Å²) in [5, 5.41) is 12.8. The summed E-state index contributed by atoms with van der Waals surface area (Å²) in [6, 6.07) is 7.38. The molecule has 0 saturated heterocycles. The fourth-order valence-corrected chi connectivity index (χ4v) is 3.12. The van der Waals surface area contributed by atoms with Crippen molar-refractivity contribution in [3.8, 4) is 17.0 Å². The molecule has 0 amide bonds. The van der Waals surface area contributed by atoms with E-state index in [1.807, 2.05) is 37.6 Å². The number of aryl methyl sites for hydroxylation is 1. The summed E-state index contributed by atoms with van der Waals surface area (Å²) in [5.41, 5.74) is 4.47. The van der Waals surface area contributed by atoms with Crippen LogP contribution in [0.4, 0.5) is 5.69 Å². The van der Waals surface area contributed by atoms with E-state index in [-0.39, 0.29) is 0 Å². The average molecular weight is 369 g/mol. The van der Waals surface area contributed by atoms with Gasteiger partial charge in [0.1, 0.15) is 5.75 Å². The Kier molecular flexibility index (Phi) is 4.22. The monoisotopic (exact) mass is 368 g/mol. The molecule has 132 valence electrons. The van der Waals surface area contributed by atoms with Crippen LogP contribution in [0, 0.1) is 0 Å². The number of fused-ring (bicyclic) bond motifs is 1. The Morgan fingerprint density at radius 2 is 2.12 bits per heavy atom. The van der Waals surface area contributed by atoms with Gasteiger partial charge in [0, 0.05) is 42.1 Å². The van der Waals surface area contributed by atoms with E-state index < -0.39 is 0 Å². The Hall–Kier alpha value is -3.06. The number of hydrogen-bond donors (Lipinski definition) is 1. The number of hydrogen-bond acceptors (Lipinski definition) is 5. The molecule has 0 aliphatic carbocycles. The molecule has 8 heteroatoms. The van der Waals surface area contributed by atoms with Crippen molar-refractivity contribution in [2.45, 2.75) is 6.54 Å². The highest BCUT2D eigenvalue weighted by atomic mass is 35.5. The Morgan fingerprint density at radius 3 is 2.96 bits per heavy atom. The van der Waals surface area contributed by atoms with Gasteiger partial charge in [-0.1, -0.05) is 11.6 Å². The number of nitrogens with zero attached hydrogens (tertiary/aromatic N) is 5. The van der Waals surface area contributed by atoms with Gasteiger partial charge < -0.3 is 10.1 Å². The molecule has 0 spiro atoms. The molecule has 0 atom stereocenters. The number of halogens is 1. The molecular formula is C18H17ClN6O. The molecule has 0 fully saturated rings. The van der Waals surface area contributed by atoms with Crippen molar-refractivity contribution in [3.63, 3.8) is 0 Å². The topological polar surface area (TPSA) is 69.3 Å². The van der Waals surface area contributed by atoms with Crippen LogP contribution in [0.15, 0.2) is 49.1 Å². The van der Waals surface area contributed by atoms with Crippen molar-refractivity contribution in [1.29, 1.82) is 0 Å². The van der Waals surface area contributed by atoms with E-state index in [2.05, 4.69) is 20.5 Å². The molecule has 4 rings (SSSR count). The van der Waals surface area contributed by atoms with Crippen molar-refractivity contribution in [3.05, 3.63) is 59.6 Å². The predicted molar refractivity (Wildman–Crippen MR) is 101 cm³/mol. The summed E-state index contributed by atoms with van der Waals surface area (Å²) in [7, 11) is 3.53. The third kappa shape index (κ3) is 2.86. The molecular weight excluding hydrogens is 352 g/mol. The fraction of sp³-hybridized carbons (Fsp3) is 0.167. The zero-order valence-corrected chi connectivity index (χ0v) is 15.1. The summed E-state index contributed by atoms with van der Waals surface area (Å²) >= 11 is 6.19. The van der Waals surface area contributed by atoms with E-state index in [1.54, 1.807) is 34.8 Å². The highest BCUT2D eigenvalue weighted by molar-refractivity contribution is 6.31. The number of rotatable bonds is 5. The first-order valence-electron chi connectivity index (χ1n) is 8.04. The van der Waals surface area contributed by atoms with E-state index >= 15 is 0 Å². The maximum Gasteiger partial charge on any atom is 0.159 e. The van der Waals surface area contributed by atoms with Crippen LogP contribution >= 0.6 is 11.6 Å². The second-order valence-electron chi connectivity index (χ2n) is 5.79. The molecule has 1 N–H and O–H groups in total. The third-order valence-electron chi connectivity index (χ3n) is 4.18. The van der Waals surface area contributed by atoms with Crippen molar-refractivity contribution < 1.29 is 4.74 Å². The van der Waals surface area contributed by atoms with Gasteiger partial charge in [0.25, 0.3) is 0 Å². The first-order chi connectivity index (χ1) is 12.7. The lowest BCUT2D eigenvalue weighted by molar-refractivity contribution is 0.416. The fourth-order valence-electron chi connectivity index (χ4n) is 2.94. The van der Waals surface area contributed by atoms with Crippen molar-refractivity contribution >= 4 is 22.9 Å². The summed E-state index contributed by atoms with van der Waals surface area (Å²) in [4.78, 5) is 4.38.